The van der Waals surface area contributed by atoms with E-state index in [1.807, 2.05) is 12.1 Å². The molecule has 1 aliphatic rings. The summed E-state index contributed by atoms with van der Waals surface area (Å²) in [7, 11) is 1.59. The number of ether oxygens (including phenoxy) is 1. The lowest BCUT2D eigenvalue weighted by molar-refractivity contribution is -0.384. The van der Waals surface area contributed by atoms with Crippen LogP contribution in [0.5, 0.6) is 5.75 Å². The molecule has 0 spiro atoms. The van der Waals surface area contributed by atoms with Gasteiger partial charge in [-0.05, 0) is 60.3 Å². The molecule has 1 amide bonds. The maximum Gasteiger partial charge on any atom is 0.271 e. The SMILES string of the molecule is COc1ccc(N=C2NC(=O)/C(=C\c3cccn3-c3cccc([N+](=O)[O-])c3)S2)cc1. The van der Waals surface area contributed by atoms with Gasteiger partial charge in [0.25, 0.3) is 11.6 Å². The monoisotopic (exact) mass is 420 g/mol. The maximum atomic E-state index is 12.4. The molecule has 1 aromatic heterocycles. The Balaban J connectivity index is 1.59. The first-order valence-electron chi connectivity index (χ1n) is 8.89. The third kappa shape index (κ3) is 4.11. The van der Waals surface area contributed by atoms with Crippen LogP contribution in [0.3, 0.4) is 0 Å². The van der Waals surface area contributed by atoms with Crippen molar-refractivity contribution in [1.82, 2.24) is 9.88 Å². The van der Waals surface area contributed by atoms with E-state index in [1.165, 1.54) is 23.9 Å². The van der Waals surface area contributed by atoms with Crippen molar-refractivity contribution < 1.29 is 14.5 Å². The zero-order valence-corrected chi connectivity index (χ0v) is 16.6. The van der Waals surface area contributed by atoms with E-state index < -0.39 is 4.92 Å². The number of benzene rings is 2. The van der Waals surface area contributed by atoms with Crippen molar-refractivity contribution in [3.8, 4) is 11.4 Å². The number of amidine groups is 1. The van der Waals surface area contributed by atoms with Crippen LogP contribution in [-0.2, 0) is 4.79 Å². The number of nitrogens with zero attached hydrogens (tertiary/aromatic N) is 3. The summed E-state index contributed by atoms with van der Waals surface area (Å²) in [4.78, 5) is 27.9. The highest BCUT2D eigenvalue weighted by molar-refractivity contribution is 8.18. The molecule has 2 aromatic carbocycles. The number of methoxy groups -OCH3 is 1. The van der Waals surface area contributed by atoms with E-state index in [0.29, 0.717) is 21.4 Å². The van der Waals surface area contributed by atoms with Gasteiger partial charge < -0.3 is 14.6 Å². The van der Waals surface area contributed by atoms with Gasteiger partial charge in [-0.15, -0.1) is 0 Å². The molecule has 1 fully saturated rings. The minimum Gasteiger partial charge on any atom is -0.497 e. The number of carbonyl (C=O) groups is 1. The van der Waals surface area contributed by atoms with Crippen LogP contribution in [0.25, 0.3) is 11.8 Å². The quantitative estimate of drug-likeness (QED) is 0.377. The molecule has 2 heterocycles. The largest absolute Gasteiger partial charge is 0.497 e. The highest BCUT2D eigenvalue weighted by Crippen LogP contribution is 2.29. The predicted octanol–water partition coefficient (Wildman–Crippen LogP) is 4.29. The molecule has 1 N–H and O–H groups in total. The second-order valence-electron chi connectivity index (χ2n) is 6.26. The number of nitrogens with one attached hydrogen (secondary N) is 1. The van der Waals surface area contributed by atoms with Crippen molar-refractivity contribution in [2.24, 2.45) is 4.99 Å². The molecule has 30 heavy (non-hydrogen) atoms. The van der Waals surface area contributed by atoms with E-state index in [1.54, 1.807) is 60.3 Å². The number of carbonyl (C=O) groups excluding carboxylic acids is 1. The van der Waals surface area contributed by atoms with Crippen LogP contribution in [0.4, 0.5) is 11.4 Å². The van der Waals surface area contributed by atoms with Crippen LogP contribution in [0, 0.1) is 10.1 Å². The second-order valence-corrected chi connectivity index (χ2v) is 7.29. The van der Waals surface area contributed by atoms with Crippen LogP contribution in [0.1, 0.15) is 5.69 Å². The average Bonchev–Trinajstić information content (AvgIpc) is 3.35. The van der Waals surface area contributed by atoms with Crippen molar-refractivity contribution in [3.05, 3.63) is 87.6 Å². The van der Waals surface area contributed by atoms with E-state index in [-0.39, 0.29) is 11.6 Å². The zero-order chi connectivity index (χ0) is 21.1. The molecule has 8 nitrogen and oxygen atoms in total. The van der Waals surface area contributed by atoms with Gasteiger partial charge in [-0.1, -0.05) is 6.07 Å². The van der Waals surface area contributed by atoms with Crippen molar-refractivity contribution >= 4 is 40.3 Å². The molecule has 4 rings (SSSR count). The third-order valence-electron chi connectivity index (χ3n) is 4.33. The van der Waals surface area contributed by atoms with Gasteiger partial charge in [0.05, 0.1) is 28.3 Å². The molecule has 0 radical (unpaired) electrons. The fourth-order valence-corrected chi connectivity index (χ4v) is 3.72. The van der Waals surface area contributed by atoms with E-state index in [0.717, 1.165) is 11.4 Å². The number of aliphatic imine (C=N–C) groups is 1. The number of rotatable bonds is 5. The van der Waals surface area contributed by atoms with Crippen molar-refractivity contribution in [1.29, 1.82) is 0 Å². The summed E-state index contributed by atoms with van der Waals surface area (Å²) in [5.74, 6) is 0.476. The fraction of sp³-hybridized carbons (Fsp3) is 0.0476. The van der Waals surface area contributed by atoms with Crippen LogP contribution in [0.15, 0.2) is 76.8 Å². The fourth-order valence-electron chi connectivity index (χ4n) is 2.89. The minimum absolute atomic E-state index is 0.00157. The lowest BCUT2D eigenvalue weighted by atomic mass is 10.2. The number of non-ortho nitro benzene ring substituents is 1. The third-order valence-corrected chi connectivity index (χ3v) is 5.24. The van der Waals surface area contributed by atoms with Gasteiger partial charge in [-0.25, -0.2) is 4.99 Å². The molecule has 150 valence electrons. The number of nitro benzene ring substituents is 1. The molecule has 3 aromatic rings. The summed E-state index contributed by atoms with van der Waals surface area (Å²) in [6.45, 7) is 0. The Morgan fingerprint density at radius 3 is 2.70 bits per heavy atom. The number of aromatic nitrogens is 1. The minimum atomic E-state index is -0.437. The summed E-state index contributed by atoms with van der Waals surface area (Å²) in [6.07, 6.45) is 3.52. The maximum absolute atomic E-state index is 12.4. The smallest absolute Gasteiger partial charge is 0.271 e. The average molecular weight is 420 g/mol. The van der Waals surface area contributed by atoms with Crippen molar-refractivity contribution in [2.45, 2.75) is 0 Å². The van der Waals surface area contributed by atoms with E-state index in [4.69, 9.17) is 4.74 Å². The number of amides is 1. The van der Waals surface area contributed by atoms with Gasteiger partial charge in [0, 0.05) is 24.0 Å². The lowest BCUT2D eigenvalue weighted by Crippen LogP contribution is -2.19. The number of hydrogen-bond donors (Lipinski definition) is 1. The lowest BCUT2D eigenvalue weighted by Gasteiger charge is -2.06. The summed E-state index contributed by atoms with van der Waals surface area (Å²) >= 11 is 1.23. The van der Waals surface area contributed by atoms with Gasteiger partial charge in [-0.3, -0.25) is 14.9 Å². The van der Waals surface area contributed by atoms with Crippen molar-refractivity contribution in [3.63, 3.8) is 0 Å². The van der Waals surface area contributed by atoms with E-state index in [9.17, 15) is 14.9 Å². The first kappa shape index (κ1) is 19.5. The first-order valence-corrected chi connectivity index (χ1v) is 9.71. The molecular formula is C21H16N4O4S. The Morgan fingerprint density at radius 2 is 1.97 bits per heavy atom. The number of hydrogen-bond acceptors (Lipinski definition) is 6. The Hall–Kier alpha value is -3.85. The standard InChI is InChI=1S/C21H16N4O4S/c1-29-18-9-7-14(8-10-18)22-21-23-20(26)19(30-21)13-16-6-3-11-24(16)15-4-2-5-17(12-15)25(27)28/h2-13H,1H3,(H,22,23,26)/b19-13+. The molecule has 9 heteroatoms. The van der Waals surface area contributed by atoms with Crippen LogP contribution >= 0.6 is 11.8 Å². The highest BCUT2D eigenvalue weighted by Gasteiger charge is 2.24. The first-order chi connectivity index (χ1) is 14.5. The summed E-state index contributed by atoms with van der Waals surface area (Å²) in [5.41, 5.74) is 2.05. The van der Waals surface area contributed by atoms with Crippen LogP contribution in [0.2, 0.25) is 0 Å². The van der Waals surface area contributed by atoms with E-state index in [2.05, 4.69) is 10.3 Å². The predicted molar refractivity (Wildman–Crippen MR) is 116 cm³/mol. The molecule has 0 bridgehead atoms. The van der Waals surface area contributed by atoms with Gasteiger partial charge in [0.1, 0.15) is 5.75 Å². The molecule has 0 aliphatic carbocycles. The van der Waals surface area contributed by atoms with Gasteiger partial charge in [-0.2, -0.15) is 0 Å². The molecule has 0 atom stereocenters. The normalized spacial score (nSPS) is 16.1. The Labute approximate surface area is 176 Å². The van der Waals surface area contributed by atoms with Crippen LogP contribution in [-0.4, -0.2) is 27.7 Å². The molecule has 1 saturated heterocycles. The highest BCUT2D eigenvalue weighted by atomic mass is 32.2. The number of nitro groups is 1. The van der Waals surface area contributed by atoms with Crippen LogP contribution < -0.4 is 10.1 Å². The van der Waals surface area contributed by atoms with Gasteiger partial charge in [0.15, 0.2) is 5.17 Å². The Bertz CT molecular complexity index is 1180. The van der Waals surface area contributed by atoms with Crippen molar-refractivity contribution in [2.75, 3.05) is 7.11 Å². The Morgan fingerprint density at radius 1 is 1.17 bits per heavy atom. The summed E-state index contributed by atoms with van der Waals surface area (Å²) in [5, 5.41) is 14.3. The molecule has 0 saturated carbocycles. The topological polar surface area (TPSA) is 98.8 Å². The zero-order valence-electron chi connectivity index (χ0n) is 15.8. The molecule has 0 unspecified atom stereocenters. The molecular weight excluding hydrogens is 404 g/mol. The van der Waals surface area contributed by atoms with Gasteiger partial charge >= 0.3 is 0 Å². The van der Waals surface area contributed by atoms with E-state index >= 15 is 0 Å². The Kier molecular flexibility index (Phi) is 5.36. The number of thioether (sulfide) groups is 1. The summed E-state index contributed by atoms with van der Waals surface area (Å²) < 4.78 is 6.91. The summed E-state index contributed by atoms with van der Waals surface area (Å²) in [6, 6.07) is 17.2. The van der Waals surface area contributed by atoms with Gasteiger partial charge in [0.2, 0.25) is 0 Å². The molecule has 1 aliphatic heterocycles. The second kappa shape index (κ2) is 8.26.